The van der Waals surface area contributed by atoms with Gasteiger partial charge in [-0.15, -0.1) is 11.3 Å². The molecular formula is C13H13N3O4S. The summed E-state index contributed by atoms with van der Waals surface area (Å²) in [6, 6.07) is 5.67. The number of hydrogen-bond acceptors (Lipinski definition) is 6. The molecule has 0 fully saturated rings. The SMILES string of the molecule is Cc1ccsc1CN(C)c1ccc([N+](=O)[O-])cc1[N+](=O)[O-]. The molecule has 0 N–H and O–H groups in total. The molecule has 8 heteroatoms. The van der Waals surface area contributed by atoms with Gasteiger partial charge >= 0.3 is 0 Å². The van der Waals surface area contributed by atoms with E-state index in [1.165, 1.54) is 12.1 Å². The third-order valence-corrected chi connectivity index (χ3v) is 4.13. The van der Waals surface area contributed by atoms with E-state index in [-0.39, 0.29) is 11.4 Å². The molecule has 0 amide bonds. The molecule has 21 heavy (non-hydrogen) atoms. The number of nitro benzene ring substituents is 2. The molecule has 0 saturated heterocycles. The number of anilines is 1. The number of thiophene rings is 1. The highest BCUT2D eigenvalue weighted by atomic mass is 32.1. The summed E-state index contributed by atoms with van der Waals surface area (Å²) in [5.41, 5.74) is 0.932. The van der Waals surface area contributed by atoms with Gasteiger partial charge in [0.05, 0.1) is 22.5 Å². The third kappa shape index (κ3) is 3.16. The molecule has 7 nitrogen and oxygen atoms in total. The van der Waals surface area contributed by atoms with Crippen LogP contribution >= 0.6 is 11.3 Å². The van der Waals surface area contributed by atoms with Gasteiger partial charge in [-0.2, -0.15) is 0 Å². The number of non-ortho nitro benzene ring substituents is 1. The van der Waals surface area contributed by atoms with Gasteiger partial charge in [-0.25, -0.2) is 0 Å². The van der Waals surface area contributed by atoms with Gasteiger partial charge in [-0.1, -0.05) is 0 Å². The first kappa shape index (κ1) is 14.9. The number of nitro groups is 2. The maximum absolute atomic E-state index is 11.1. The van der Waals surface area contributed by atoms with Crippen LogP contribution in [0.3, 0.4) is 0 Å². The van der Waals surface area contributed by atoms with E-state index < -0.39 is 9.85 Å². The van der Waals surface area contributed by atoms with Gasteiger partial charge in [0, 0.05) is 18.0 Å². The Balaban J connectivity index is 2.36. The first-order valence-electron chi connectivity index (χ1n) is 6.07. The van der Waals surface area contributed by atoms with Gasteiger partial charge < -0.3 is 4.90 Å². The fraction of sp³-hybridized carbons (Fsp3) is 0.231. The second kappa shape index (κ2) is 5.88. The van der Waals surface area contributed by atoms with Crippen LogP contribution in [0.25, 0.3) is 0 Å². The van der Waals surface area contributed by atoms with E-state index in [0.717, 1.165) is 16.5 Å². The van der Waals surface area contributed by atoms with Crippen LogP contribution in [0.1, 0.15) is 10.4 Å². The number of nitrogens with zero attached hydrogens (tertiary/aromatic N) is 3. The Hall–Kier alpha value is -2.48. The molecule has 1 aromatic carbocycles. The van der Waals surface area contributed by atoms with Crippen molar-refractivity contribution >= 4 is 28.4 Å². The van der Waals surface area contributed by atoms with Gasteiger partial charge in [0.15, 0.2) is 0 Å². The predicted molar refractivity (Wildman–Crippen MR) is 80.9 cm³/mol. The molecular weight excluding hydrogens is 294 g/mol. The number of benzene rings is 1. The summed E-state index contributed by atoms with van der Waals surface area (Å²) >= 11 is 1.58. The van der Waals surface area contributed by atoms with E-state index in [9.17, 15) is 20.2 Å². The molecule has 0 aliphatic carbocycles. The third-order valence-electron chi connectivity index (χ3n) is 3.13. The summed E-state index contributed by atoms with van der Waals surface area (Å²) in [5, 5.41) is 23.8. The molecule has 0 saturated carbocycles. The van der Waals surface area contributed by atoms with E-state index in [1.807, 2.05) is 18.4 Å². The van der Waals surface area contributed by atoms with Gasteiger partial charge in [-0.3, -0.25) is 20.2 Å². The lowest BCUT2D eigenvalue weighted by Gasteiger charge is -2.18. The average molecular weight is 307 g/mol. The minimum absolute atomic E-state index is 0.263. The Morgan fingerprint density at radius 2 is 1.90 bits per heavy atom. The van der Waals surface area contributed by atoms with Crippen molar-refractivity contribution in [3.05, 3.63) is 60.3 Å². The highest BCUT2D eigenvalue weighted by Gasteiger charge is 2.22. The zero-order valence-corrected chi connectivity index (χ0v) is 12.3. The van der Waals surface area contributed by atoms with Crippen molar-refractivity contribution in [2.75, 3.05) is 11.9 Å². The molecule has 0 atom stereocenters. The van der Waals surface area contributed by atoms with Crippen molar-refractivity contribution in [1.29, 1.82) is 0 Å². The number of rotatable bonds is 5. The molecule has 2 aromatic rings. The summed E-state index contributed by atoms with van der Waals surface area (Å²) in [4.78, 5) is 23.4. The summed E-state index contributed by atoms with van der Waals surface area (Å²) in [5.74, 6) is 0. The standard InChI is InChI=1S/C13H13N3O4S/c1-9-5-6-21-13(9)8-14(2)11-4-3-10(15(17)18)7-12(11)16(19)20/h3-7H,8H2,1-2H3. The minimum Gasteiger partial charge on any atom is -0.364 e. The van der Waals surface area contributed by atoms with Crippen LogP contribution in [0.5, 0.6) is 0 Å². The lowest BCUT2D eigenvalue weighted by atomic mass is 10.2. The lowest BCUT2D eigenvalue weighted by molar-refractivity contribution is -0.393. The van der Waals surface area contributed by atoms with E-state index >= 15 is 0 Å². The maximum atomic E-state index is 11.1. The molecule has 0 aliphatic heterocycles. The topological polar surface area (TPSA) is 89.5 Å². The summed E-state index contributed by atoms with van der Waals surface area (Å²) in [6.45, 7) is 2.49. The van der Waals surface area contributed by atoms with E-state index in [2.05, 4.69) is 0 Å². The van der Waals surface area contributed by atoms with Gasteiger partial charge in [0.2, 0.25) is 0 Å². The quantitative estimate of drug-likeness (QED) is 0.623. The maximum Gasteiger partial charge on any atom is 0.299 e. The summed E-state index contributed by atoms with van der Waals surface area (Å²) in [7, 11) is 1.73. The second-order valence-electron chi connectivity index (χ2n) is 4.57. The predicted octanol–water partition coefficient (Wildman–Crippen LogP) is 3.51. The average Bonchev–Trinajstić information content (AvgIpc) is 2.83. The van der Waals surface area contributed by atoms with Gasteiger partial charge in [0.1, 0.15) is 5.69 Å². The van der Waals surface area contributed by atoms with Crippen LogP contribution in [-0.2, 0) is 6.54 Å². The zero-order chi connectivity index (χ0) is 15.6. The van der Waals surface area contributed by atoms with Crippen molar-refractivity contribution in [3.63, 3.8) is 0 Å². The number of aryl methyl sites for hydroxylation is 1. The van der Waals surface area contributed by atoms with Gasteiger partial charge in [0.25, 0.3) is 11.4 Å². The highest BCUT2D eigenvalue weighted by molar-refractivity contribution is 7.10. The Kier molecular flexibility index (Phi) is 4.18. The van der Waals surface area contributed by atoms with Crippen molar-refractivity contribution in [3.8, 4) is 0 Å². The normalized spacial score (nSPS) is 10.4. The first-order valence-corrected chi connectivity index (χ1v) is 6.95. The van der Waals surface area contributed by atoms with Crippen LogP contribution in [0.4, 0.5) is 17.1 Å². The molecule has 0 bridgehead atoms. The Labute approximate surface area is 124 Å². The minimum atomic E-state index is -0.639. The fourth-order valence-corrected chi connectivity index (χ4v) is 2.92. The molecule has 110 valence electrons. The summed E-state index contributed by atoms with van der Waals surface area (Å²) in [6.07, 6.45) is 0. The first-order chi connectivity index (χ1) is 9.90. The Bertz CT molecular complexity index is 698. The largest absolute Gasteiger partial charge is 0.364 e. The second-order valence-corrected chi connectivity index (χ2v) is 5.57. The van der Waals surface area contributed by atoms with Crippen molar-refractivity contribution in [1.82, 2.24) is 0 Å². The monoisotopic (exact) mass is 307 g/mol. The highest BCUT2D eigenvalue weighted by Crippen LogP contribution is 2.32. The van der Waals surface area contributed by atoms with Crippen molar-refractivity contribution < 1.29 is 9.85 Å². The zero-order valence-electron chi connectivity index (χ0n) is 11.5. The van der Waals surface area contributed by atoms with E-state index in [4.69, 9.17) is 0 Å². The van der Waals surface area contributed by atoms with Crippen molar-refractivity contribution in [2.45, 2.75) is 13.5 Å². The van der Waals surface area contributed by atoms with Crippen LogP contribution in [-0.4, -0.2) is 16.9 Å². The van der Waals surface area contributed by atoms with Crippen molar-refractivity contribution in [2.24, 2.45) is 0 Å². The molecule has 0 unspecified atom stereocenters. The fourth-order valence-electron chi connectivity index (χ4n) is 1.96. The van der Waals surface area contributed by atoms with E-state index in [0.29, 0.717) is 12.2 Å². The molecule has 2 rings (SSSR count). The smallest absolute Gasteiger partial charge is 0.299 e. The van der Waals surface area contributed by atoms with E-state index in [1.54, 1.807) is 23.3 Å². The lowest BCUT2D eigenvalue weighted by Crippen LogP contribution is -2.17. The van der Waals surface area contributed by atoms with Crippen LogP contribution < -0.4 is 4.90 Å². The Morgan fingerprint density at radius 1 is 1.19 bits per heavy atom. The van der Waals surface area contributed by atoms with Crippen LogP contribution in [0.2, 0.25) is 0 Å². The van der Waals surface area contributed by atoms with Crippen LogP contribution in [0, 0.1) is 27.2 Å². The Morgan fingerprint density at radius 3 is 2.43 bits per heavy atom. The summed E-state index contributed by atoms with van der Waals surface area (Å²) < 4.78 is 0. The molecule has 0 aliphatic rings. The molecule has 0 radical (unpaired) electrons. The molecule has 0 spiro atoms. The van der Waals surface area contributed by atoms with Crippen LogP contribution in [0.15, 0.2) is 29.6 Å². The number of hydrogen-bond donors (Lipinski definition) is 0. The van der Waals surface area contributed by atoms with Gasteiger partial charge in [-0.05, 0) is 30.0 Å². The molecule has 1 aromatic heterocycles. The molecule has 1 heterocycles.